The standard InChI is InChI=1S/C37H49ClN4O4/c1-25-9-5-10-27-17-18-31(41-33(25)27)32-29(11-6-12-30(32)38)36(2,19-7-21-40-35(44)46-4)37(45)20-8-22-42(24-37)34(43)28-15-13-26(14-16-28)23-39-3/h5-6,9-12,17-18,26,28,39,45H,7-8,13-16,19-24H2,1-4H3,(H,40,44)/t26?,28?,36-,37+/m0/s1. The summed E-state index contributed by atoms with van der Waals surface area (Å²) < 4.78 is 4.79. The Kier molecular flexibility index (Phi) is 10.9. The smallest absolute Gasteiger partial charge is 0.406 e. The molecule has 46 heavy (non-hydrogen) atoms. The third-order valence-electron chi connectivity index (χ3n) is 10.6. The van der Waals surface area contributed by atoms with Crippen LogP contribution in [-0.2, 0) is 14.9 Å². The number of halogens is 1. The SMILES string of the molecule is CNCC1CCC(C(=O)N2CCC[C@](O)([C@@](C)(CCCNC(=O)OC)c3cccc(Cl)c3-c3ccc4cccc(C)c4n3)C2)CC1. The maximum Gasteiger partial charge on any atom is 0.406 e. The highest BCUT2D eigenvalue weighted by molar-refractivity contribution is 6.33. The van der Waals surface area contributed by atoms with Gasteiger partial charge in [-0.05, 0) is 101 Å². The highest BCUT2D eigenvalue weighted by Gasteiger charge is 2.52. The molecule has 1 aliphatic heterocycles. The zero-order chi connectivity index (χ0) is 32.9. The molecular weight excluding hydrogens is 600 g/mol. The number of ether oxygens (including phenoxy) is 1. The van der Waals surface area contributed by atoms with Crippen molar-refractivity contribution >= 4 is 34.5 Å². The highest BCUT2D eigenvalue weighted by atomic mass is 35.5. The van der Waals surface area contributed by atoms with Crippen LogP contribution in [0.25, 0.3) is 22.2 Å². The number of hydrogen-bond donors (Lipinski definition) is 3. The van der Waals surface area contributed by atoms with Crippen LogP contribution in [-0.4, -0.2) is 72.9 Å². The summed E-state index contributed by atoms with van der Waals surface area (Å²) in [6.45, 7) is 6.41. The first-order valence-corrected chi connectivity index (χ1v) is 17.1. The van der Waals surface area contributed by atoms with E-state index in [0.717, 1.165) is 65.5 Å². The first-order valence-electron chi connectivity index (χ1n) is 16.7. The molecule has 248 valence electrons. The number of aromatic nitrogens is 1. The molecule has 9 heteroatoms. The average Bonchev–Trinajstić information content (AvgIpc) is 3.06. The lowest BCUT2D eigenvalue weighted by Gasteiger charge is -2.52. The van der Waals surface area contributed by atoms with Gasteiger partial charge in [-0.3, -0.25) is 4.79 Å². The number of alkyl carbamates (subject to hydrolysis) is 1. The molecule has 0 spiro atoms. The molecule has 3 N–H and O–H groups in total. The van der Waals surface area contributed by atoms with E-state index in [1.54, 1.807) is 0 Å². The summed E-state index contributed by atoms with van der Waals surface area (Å²) in [6, 6.07) is 16.0. The Morgan fingerprint density at radius 2 is 1.89 bits per heavy atom. The summed E-state index contributed by atoms with van der Waals surface area (Å²) in [5.41, 5.74) is 2.35. The van der Waals surface area contributed by atoms with Crippen molar-refractivity contribution in [2.45, 2.75) is 76.2 Å². The Morgan fingerprint density at radius 1 is 1.13 bits per heavy atom. The molecule has 2 aromatic carbocycles. The molecule has 2 heterocycles. The quantitative estimate of drug-likeness (QED) is 0.213. The van der Waals surface area contributed by atoms with Crippen LogP contribution in [0.4, 0.5) is 4.79 Å². The molecule has 1 saturated heterocycles. The lowest BCUT2D eigenvalue weighted by molar-refractivity contribution is -0.149. The van der Waals surface area contributed by atoms with Crippen LogP contribution in [0, 0.1) is 18.8 Å². The first kappa shape index (κ1) is 34.1. The fraction of sp³-hybridized carbons (Fsp3) is 0.541. The molecule has 0 radical (unpaired) electrons. The van der Waals surface area contributed by atoms with E-state index in [0.29, 0.717) is 49.7 Å². The largest absolute Gasteiger partial charge is 0.453 e. The molecule has 0 unspecified atom stereocenters. The van der Waals surface area contributed by atoms with Gasteiger partial charge in [0.25, 0.3) is 0 Å². The van der Waals surface area contributed by atoms with Gasteiger partial charge >= 0.3 is 6.09 Å². The molecular formula is C37H49ClN4O4. The molecule has 0 bridgehead atoms. The molecule has 5 rings (SSSR count). The van der Waals surface area contributed by atoms with E-state index in [1.807, 2.05) is 42.3 Å². The summed E-state index contributed by atoms with van der Waals surface area (Å²) in [4.78, 5) is 32.8. The number of para-hydroxylation sites is 1. The fourth-order valence-electron chi connectivity index (χ4n) is 7.84. The van der Waals surface area contributed by atoms with Gasteiger partial charge in [0.05, 0.1) is 35.5 Å². The number of rotatable bonds is 10. The number of nitrogens with one attached hydrogen (secondary N) is 2. The van der Waals surface area contributed by atoms with Gasteiger partial charge in [-0.1, -0.05) is 54.9 Å². The number of fused-ring (bicyclic) bond motifs is 1. The van der Waals surface area contributed by atoms with Gasteiger partial charge in [0.15, 0.2) is 0 Å². The van der Waals surface area contributed by atoms with Crippen LogP contribution in [0.1, 0.15) is 69.4 Å². The second kappa shape index (κ2) is 14.7. The molecule has 2 amide bonds. The Morgan fingerprint density at radius 3 is 2.63 bits per heavy atom. The minimum Gasteiger partial charge on any atom is -0.453 e. The van der Waals surface area contributed by atoms with Crippen molar-refractivity contribution in [3.05, 3.63) is 64.7 Å². The Labute approximate surface area is 278 Å². The number of amides is 2. The number of benzene rings is 2. The summed E-state index contributed by atoms with van der Waals surface area (Å²) in [6.07, 6.45) is 5.77. The Bertz CT molecular complexity index is 1540. The number of nitrogens with zero attached hydrogens (tertiary/aromatic N) is 2. The zero-order valence-electron chi connectivity index (χ0n) is 27.7. The maximum absolute atomic E-state index is 13.9. The van der Waals surface area contributed by atoms with Gasteiger partial charge in [-0.15, -0.1) is 0 Å². The number of carbonyl (C=O) groups is 2. The van der Waals surface area contributed by atoms with Crippen LogP contribution in [0.3, 0.4) is 0 Å². The molecule has 1 aromatic heterocycles. The number of aliphatic hydroxyl groups is 1. The third kappa shape index (κ3) is 7.04. The predicted molar refractivity (Wildman–Crippen MR) is 184 cm³/mol. The minimum absolute atomic E-state index is 0.00209. The number of β-amino-alcohol motifs (C(OH)–C–C–N with tert-alkyl or cyclic N) is 1. The van der Waals surface area contributed by atoms with Crippen LogP contribution < -0.4 is 10.6 Å². The molecule has 2 atom stereocenters. The van der Waals surface area contributed by atoms with Gasteiger partial charge in [0, 0.05) is 35.4 Å². The molecule has 2 aliphatic rings. The lowest BCUT2D eigenvalue weighted by Crippen LogP contribution is -2.61. The van der Waals surface area contributed by atoms with Gasteiger partial charge < -0.3 is 25.4 Å². The van der Waals surface area contributed by atoms with Gasteiger partial charge in [0.1, 0.15) is 0 Å². The number of piperidine rings is 1. The zero-order valence-corrected chi connectivity index (χ0v) is 28.5. The van der Waals surface area contributed by atoms with E-state index in [2.05, 4.69) is 42.7 Å². The number of methoxy groups -OCH3 is 1. The number of carbonyl (C=O) groups excluding carboxylic acids is 2. The highest BCUT2D eigenvalue weighted by Crippen LogP contribution is 2.49. The Hall–Kier alpha value is -3.20. The van der Waals surface area contributed by atoms with Gasteiger partial charge in [0.2, 0.25) is 5.91 Å². The van der Waals surface area contributed by atoms with Crippen LogP contribution in [0.5, 0.6) is 0 Å². The van der Waals surface area contributed by atoms with Crippen molar-refractivity contribution in [3.8, 4) is 11.3 Å². The van der Waals surface area contributed by atoms with Crippen LogP contribution in [0.15, 0.2) is 48.5 Å². The van der Waals surface area contributed by atoms with E-state index in [-0.39, 0.29) is 18.4 Å². The second-order valence-electron chi connectivity index (χ2n) is 13.5. The van der Waals surface area contributed by atoms with Crippen molar-refractivity contribution in [2.24, 2.45) is 11.8 Å². The molecule has 1 saturated carbocycles. The fourth-order valence-corrected chi connectivity index (χ4v) is 8.11. The number of likely N-dealkylation sites (tertiary alicyclic amines) is 1. The predicted octanol–water partition coefficient (Wildman–Crippen LogP) is 6.64. The molecule has 1 aliphatic carbocycles. The summed E-state index contributed by atoms with van der Waals surface area (Å²) in [5, 5.41) is 20.5. The normalized spacial score (nSPS) is 23.1. The summed E-state index contributed by atoms with van der Waals surface area (Å²) in [7, 11) is 3.33. The topological polar surface area (TPSA) is 104 Å². The molecule has 8 nitrogen and oxygen atoms in total. The number of aryl methyl sites for hydroxylation is 1. The maximum atomic E-state index is 13.9. The van der Waals surface area contributed by atoms with Crippen molar-refractivity contribution in [3.63, 3.8) is 0 Å². The third-order valence-corrected chi connectivity index (χ3v) is 10.9. The number of hydrogen-bond acceptors (Lipinski definition) is 6. The van der Waals surface area contributed by atoms with Crippen LogP contribution in [0.2, 0.25) is 5.02 Å². The first-order chi connectivity index (χ1) is 22.1. The van der Waals surface area contributed by atoms with Gasteiger partial charge in [-0.2, -0.15) is 0 Å². The summed E-state index contributed by atoms with van der Waals surface area (Å²) in [5.74, 6) is 0.773. The molecule has 2 fully saturated rings. The van der Waals surface area contributed by atoms with Crippen molar-refractivity contribution < 1.29 is 19.4 Å². The Balaban J connectivity index is 1.51. The van der Waals surface area contributed by atoms with E-state index in [4.69, 9.17) is 21.3 Å². The summed E-state index contributed by atoms with van der Waals surface area (Å²) >= 11 is 7.02. The van der Waals surface area contributed by atoms with E-state index < -0.39 is 17.1 Å². The minimum atomic E-state index is -1.23. The van der Waals surface area contributed by atoms with Crippen molar-refractivity contribution in [1.82, 2.24) is 20.5 Å². The average molecular weight is 649 g/mol. The second-order valence-corrected chi connectivity index (χ2v) is 13.9. The van der Waals surface area contributed by atoms with E-state index in [9.17, 15) is 14.7 Å². The van der Waals surface area contributed by atoms with Crippen molar-refractivity contribution in [1.29, 1.82) is 0 Å². The monoisotopic (exact) mass is 648 g/mol. The van der Waals surface area contributed by atoms with Gasteiger partial charge in [-0.25, -0.2) is 9.78 Å². The van der Waals surface area contributed by atoms with E-state index in [1.165, 1.54) is 7.11 Å². The number of pyridine rings is 1. The molecule has 3 aromatic rings. The van der Waals surface area contributed by atoms with E-state index >= 15 is 0 Å². The van der Waals surface area contributed by atoms with Crippen molar-refractivity contribution in [2.75, 3.05) is 40.3 Å². The van der Waals surface area contributed by atoms with Crippen LogP contribution >= 0.6 is 11.6 Å². The lowest BCUT2D eigenvalue weighted by atomic mass is 9.61.